The van der Waals surface area contributed by atoms with Gasteiger partial charge in [-0.1, -0.05) is 69.8 Å². The number of nitrogens with two attached hydrogens (primary N) is 1. The third-order valence-electron chi connectivity index (χ3n) is 4.13. The Morgan fingerprint density at radius 3 is 2.43 bits per heavy atom. The molecule has 1 aromatic carbocycles. The van der Waals surface area contributed by atoms with Crippen molar-refractivity contribution >= 4 is 11.6 Å². The first kappa shape index (κ1) is 18.5. The van der Waals surface area contributed by atoms with E-state index in [4.69, 9.17) is 22.1 Å². The van der Waals surface area contributed by atoms with Crippen molar-refractivity contribution in [2.24, 2.45) is 11.7 Å². The molecule has 3 unspecified atom stereocenters. The molecule has 3 heteroatoms. The Labute approximate surface area is 135 Å². The van der Waals surface area contributed by atoms with Gasteiger partial charge in [0.25, 0.3) is 0 Å². The van der Waals surface area contributed by atoms with Gasteiger partial charge < -0.3 is 10.5 Å². The van der Waals surface area contributed by atoms with E-state index in [-0.39, 0.29) is 12.1 Å². The number of unbranched alkanes of at least 4 members (excludes halogenated alkanes) is 1. The largest absolute Gasteiger partial charge is 0.372 e. The van der Waals surface area contributed by atoms with Crippen LogP contribution in [0.4, 0.5) is 0 Å². The van der Waals surface area contributed by atoms with Gasteiger partial charge in [0, 0.05) is 16.6 Å². The third kappa shape index (κ3) is 5.98. The maximum absolute atomic E-state index is 6.32. The summed E-state index contributed by atoms with van der Waals surface area (Å²) in [5, 5.41) is 0.744. The van der Waals surface area contributed by atoms with Crippen molar-refractivity contribution < 1.29 is 4.74 Å². The molecule has 0 spiro atoms. The second-order valence-corrected chi connectivity index (χ2v) is 6.17. The Kier molecular flexibility index (Phi) is 8.98. The van der Waals surface area contributed by atoms with Crippen LogP contribution in [-0.4, -0.2) is 12.6 Å². The zero-order valence-electron chi connectivity index (χ0n) is 13.6. The molecule has 0 saturated carbocycles. The molecular weight excluding hydrogens is 282 g/mol. The van der Waals surface area contributed by atoms with Gasteiger partial charge in [-0.3, -0.25) is 0 Å². The highest BCUT2D eigenvalue weighted by Crippen LogP contribution is 2.29. The van der Waals surface area contributed by atoms with Gasteiger partial charge in [-0.05, 0) is 24.8 Å². The molecule has 0 aliphatic carbocycles. The van der Waals surface area contributed by atoms with Crippen LogP contribution in [0.3, 0.4) is 0 Å². The van der Waals surface area contributed by atoms with Gasteiger partial charge in [0.1, 0.15) is 0 Å². The molecule has 0 amide bonds. The van der Waals surface area contributed by atoms with E-state index in [1.54, 1.807) is 0 Å². The van der Waals surface area contributed by atoms with Crippen LogP contribution in [0.15, 0.2) is 24.3 Å². The third-order valence-corrected chi connectivity index (χ3v) is 4.47. The van der Waals surface area contributed by atoms with Crippen LogP contribution in [0.25, 0.3) is 0 Å². The highest BCUT2D eigenvalue weighted by molar-refractivity contribution is 6.31. The second-order valence-electron chi connectivity index (χ2n) is 5.76. The topological polar surface area (TPSA) is 35.2 Å². The molecule has 0 aliphatic rings. The number of benzene rings is 1. The summed E-state index contributed by atoms with van der Waals surface area (Å²) in [4.78, 5) is 0. The first-order valence-corrected chi connectivity index (χ1v) is 8.63. The molecule has 21 heavy (non-hydrogen) atoms. The predicted molar refractivity (Wildman–Crippen MR) is 91.7 cm³/mol. The second kappa shape index (κ2) is 10.2. The summed E-state index contributed by atoms with van der Waals surface area (Å²) in [6.45, 7) is 7.31. The molecule has 0 aliphatic heterocycles. The SMILES string of the molecule is CCCCC(CC)COC(c1ccccc1Cl)C(N)CC. The van der Waals surface area contributed by atoms with E-state index in [0.717, 1.165) is 30.0 Å². The van der Waals surface area contributed by atoms with Gasteiger partial charge >= 0.3 is 0 Å². The van der Waals surface area contributed by atoms with E-state index in [1.807, 2.05) is 24.3 Å². The van der Waals surface area contributed by atoms with Crippen molar-refractivity contribution in [1.82, 2.24) is 0 Å². The fraction of sp³-hybridized carbons (Fsp3) is 0.667. The summed E-state index contributed by atoms with van der Waals surface area (Å²) in [6, 6.07) is 7.85. The van der Waals surface area contributed by atoms with Gasteiger partial charge in [-0.2, -0.15) is 0 Å². The minimum Gasteiger partial charge on any atom is -0.372 e. The van der Waals surface area contributed by atoms with Crippen LogP contribution in [0.1, 0.15) is 64.5 Å². The van der Waals surface area contributed by atoms with E-state index < -0.39 is 0 Å². The molecule has 120 valence electrons. The van der Waals surface area contributed by atoms with Gasteiger partial charge in [0.15, 0.2) is 0 Å². The van der Waals surface area contributed by atoms with E-state index in [2.05, 4.69) is 20.8 Å². The van der Waals surface area contributed by atoms with E-state index in [0.29, 0.717) is 5.92 Å². The summed E-state index contributed by atoms with van der Waals surface area (Å²) in [5.74, 6) is 0.610. The van der Waals surface area contributed by atoms with Crippen LogP contribution in [0.2, 0.25) is 5.02 Å². The highest BCUT2D eigenvalue weighted by atomic mass is 35.5. The number of rotatable bonds is 10. The van der Waals surface area contributed by atoms with Crippen LogP contribution in [0.5, 0.6) is 0 Å². The Hall–Kier alpha value is -0.570. The molecule has 2 N–H and O–H groups in total. The van der Waals surface area contributed by atoms with Gasteiger partial charge in [0.05, 0.1) is 12.7 Å². The molecule has 3 atom stereocenters. The van der Waals surface area contributed by atoms with Crippen molar-refractivity contribution in [2.75, 3.05) is 6.61 Å². The Morgan fingerprint density at radius 2 is 1.86 bits per heavy atom. The van der Waals surface area contributed by atoms with Crippen molar-refractivity contribution in [1.29, 1.82) is 0 Å². The lowest BCUT2D eigenvalue weighted by molar-refractivity contribution is 0.00879. The van der Waals surface area contributed by atoms with E-state index >= 15 is 0 Å². The number of hydrogen-bond donors (Lipinski definition) is 1. The van der Waals surface area contributed by atoms with E-state index in [9.17, 15) is 0 Å². The van der Waals surface area contributed by atoms with Crippen molar-refractivity contribution in [2.45, 2.75) is 65.0 Å². The number of hydrogen-bond acceptors (Lipinski definition) is 2. The van der Waals surface area contributed by atoms with Crippen LogP contribution < -0.4 is 5.73 Å². The monoisotopic (exact) mass is 311 g/mol. The van der Waals surface area contributed by atoms with Gasteiger partial charge in [-0.25, -0.2) is 0 Å². The quantitative estimate of drug-likeness (QED) is 0.632. The molecule has 1 rings (SSSR count). The average molecular weight is 312 g/mol. The summed E-state index contributed by atoms with van der Waals surface area (Å²) in [5.41, 5.74) is 7.28. The predicted octanol–water partition coefficient (Wildman–Crippen LogP) is 5.35. The Bertz CT molecular complexity index is 397. The average Bonchev–Trinajstić information content (AvgIpc) is 2.51. The van der Waals surface area contributed by atoms with Crippen LogP contribution >= 0.6 is 11.6 Å². The summed E-state index contributed by atoms with van der Waals surface area (Å²) >= 11 is 6.32. The Balaban J connectivity index is 2.73. The molecule has 0 radical (unpaired) electrons. The van der Waals surface area contributed by atoms with E-state index in [1.165, 1.54) is 19.3 Å². The smallest absolute Gasteiger partial charge is 0.0990 e. The minimum absolute atomic E-state index is 0.0198. The molecule has 1 aromatic rings. The normalized spacial score (nSPS) is 15.7. The molecule has 0 fully saturated rings. The number of halogens is 1. The first-order chi connectivity index (χ1) is 10.1. The van der Waals surface area contributed by atoms with Crippen molar-refractivity contribution in [3.05, 3.63) is 34.9 Å². The number of ether oxygens (including phenoxy) is 1. The fourth-order valence-corrected chi connectivity index (χ4v) is 2.75. The van der Waals surface area contributed by atoms with Crippen molar-refractivity contribution in [3.63, 3.8) is 0 Å². The van der Waals surface area contributed by atoms with Crippen LogP contribution in [-0.2, 0) is 4.74 Å². The molecular formula is C18H30ClNO. The Morgan fingerprint density at radius 1 is 1.14 bits per heavy atom. The van der Waals surface area contributed by atoms with Crippen LogP contribution in [0, 0.1) is 5.92 Å². The zero-order chi connectivity index (χ0) is 15.7. The molecule has 0 bridgehead atoms. The zero-order valence-corrected chi connectivity index (χ0v) is 14.4. The standard InChI is InChI=1S/C18H30ClNO/c1-4-7-10-14(5-2)13-21-18(17(20)6-3)15-11-8-9-12-16(15)19/h8-9,11-12,14,17-18H,4-7,10,13,20H2,1-3H3. The summed E-state index contributed by atoms with van der Waals surface area (Å²) in [7, 11) is 0. The maximum atomic E-state index is 6.32. The molecule has 2 nitrogen and oxygen atoms in total. The summed E-state index contributed by atoms with van der Waals surface area (Å²) in [6.07, 6.45) is 5.64. The minimum atomic E-state index is -0.112. The van der Waals surface area contributed by atoms with Gasteiger partial charge in [-0.15, -0.1) is 0 Å². The first-order valence-electron chi connectivity index (χ1n) is 8.25. The summed E-state index contributed by atoms with van der Waals surface area (Å²) < 4.78 is 6.20. The lowest BCUT2D eigenvalue weighted by Gasteiger charge is -2.27. The molecule has 0 aromatic heterocycles. The van der Waals surface area contributed by atoms with Crippen molar-refractivity contribution in [3.8, 4) is 0 Å². The fourth-order valence-electron chi connectivity index (χ4n) is 2.50. The van der Waals surface area contributed by atoms with Gasteiger partial charge in [0.2, 0.25) is 0 Å². The maximum Gasteiger partial charge on any atom is 0.0990 e. The molecule has 0 saturated heterocycles. The lowest BCUT2D eigenvalue weighted by atomic mass is 9.98. The lowest BCUT2D eigenvalue weighted by Crippen LogP contribution is -2.31. The molecule has 0 heterocycles. The highest BCUT2D eigenvalue weighted by Gasteiger charge is 2.22.